The molecule has 5 nitrogen and oxygen atoms in total. The number of ether oxygens (including phenoxy) is 1. The van der Waals surface area contributed by atoms with Crippen LogP contribution in [0.4, 0.5) is 5.69 Å². The molecule has 0 fully saturated rings. The normalized spacial score (nSPS) is 11.4. The van der Waals surface area contributed by atoms with E-state index in [1.807, 2.05) is 32.0 Å². The Hall–Kier alpha value is -1.56. The number of carbonyl (C=O) groups excluding carboxylic acids is 1. The van der Waals surface area contributed by atoms with Crippen molar-refractivity contribution in [1.29, 1.82) is 0 Å². The van der Waals surface area contributed by atoms with E-state index in [0.717, 1.165) is 5.56 Å². The number of esters is 1. The van der Waals surface area contributed by atoms with Gasteiger partial charge in [0.1, 0.15) is 0 Å². The van der Waals surface area contributed by atoms with Crippen molar-refractivity contribution >= 4 is 21.7 Å². The molecule has 0 aliphatic carbocycles. The van der Waals surface area contributed by atoms with Gasteiger partial charge in [-0.2, -0.15) is 0 Å². The van der Waals surface area contributed by atoms with Crippen LogP contribution in [0, 0.1) is 0 Å². The van der Waals surface area contributed by atoms with Crippen LogP contribution >= 0.6 is 0 Å². The van der Waals surface area contributed by atoms with Gasteiger partial charge in [0, 0.05) is 12.1 Å². The standard InChI is InChI=1S/C14H21NO4S/c1-11(2)12-6-4-7-13(10-12)15-20(17,18)9-5-8-14(16)19-3/h4,6-7,10-11,15H,5,8-9H2,1-3H3. The first-order valence-corrected chi connectivity index (χ1v) is 8.16. The summed E-state index contributed by atoms with van der Waals surface area (Å²) < 4.78 is 30.8. The number of methoxy groups -OCH3 is 1. The molecule has 1 rings (SSSR count). The van der Waals surface area contributed by atoms with Crippen molar-refractivity contribution in [3.05, 3.63) is 29.8 Å². The number of sulfonamides is 1. The van der Waals surface area contributed by atoms with Crippen LogP contribution in [-0.2, 0) is 19.6 Å². The van der Waals surface area contributed by atoms with Crippen LogP contribution in [0.3, 0.4) is 0 Å². The molecule has 112 valence electrons. The van der Waals surface area contributed by atoms with Gasteiger partial charge in [0.2, 0.25) is 10.0 Å². The number of hydrogen-bond acceptors (Lipinski definition) is 4. The van der Waals surface area contributed by atoms with E-state index in [1.54, 1.807) is 6.07 Å². The summed E-state index contributed by atoms with van der Waals surface area (Å²) >= 11 is 0. The van der Waals surface area contributed by atoms with Crippen molar-refractivity contribution in [2.75, 3.05) is 17.6 Å². The summed E-state index contributed by atoms with van der Waals surface area (Å²) in [6.07, 6.45) is 0.343. The Morgan fingerprint density at radius 2 is 2.05 bits per heavy atom. The van der Waals surface area contributed by atoms with Crippen molar-refractivity contribution in [3.63, 3.8) is 0 Å². The largest absolute Gasteiger partial charge is 0.469 e. The summed E-state index contributed by atoms with van der Waals surface area (Å²) in [6.45, 7) is 4.09. The molecule has 0 saturated heterocycles. The van der Waals surface area contributed by atoms with Crippen molar-refractivity contribution in [1.82, 2.24) is 0 Å². The van der Waals surface area contributed by atoms with Gasteiger partial charge in [-0.15, -0.1) is 0 Å². The van der Waals surface area contributed by atoms with Crippen LogP contribution in [0.2, 0.25) is 0 Å². The smallest absolute Gasteiger partial charge is 0.305 e. The quantitative estimate of drug-likeness (QED) is 0.785. The lowest BCUT2D eigenvalue weighted by molar-refractivity contribution is -0.140. The molecule has 0 bridgehead atoms. The van der Waals surface area contributed by atoms with Crippen LogP contribution < -0.4 is 4.72 Å². The summed E-state index contributed by atoms with van der Waals surface area (Å²) in [4.78, 5) is 10.9. The lowest BCUT2D eigenvalue weighted by Crippen LogP contribution is -2.17. The SMILES string of the molecule is COC(=O)CCCS(=O)(=O)Nc1cccc(C(C)C)c1. The van der Waals surface area contributed by atoms with Gasteiger partial charge in [-0.1, -0.05) is 26.0 Å². The molecule has 0 heterocycles. The molecule has 0 aromatic heterocycles. The summed E-state index contributed by atoms with van der Waals surface area (Å²) in [5, 5.41) is 0. The number of anilines is 1. The number of hydrogen-bond donors (Lipinski definition) is 1. The van der Waals surface area contributed by atoms with Gasteiger partial charge in [0.05, 0.1) is 12.9 Å². The highest BCUT2D eigenvalue weighted by atomic mass is 32.2. The molecule has 1 N–H and O–H groups in total. The maximum absolute atomic E-state index is 11.9. The highest BCUT2D eigenvalue weighted by Crippen LogP contribution is 2.19. The van der Waals surface area contributed by atoms with Crippen LogP contribution in [-0.4, -0.2) is 27.2 Å². The predicted octanol–water partition coefficient (Wildman–Crippen LogP) is 2.50. The van der Waals surface area contributed by atoms with Crippen molar-refractivity contribution in [3.8, 4) is 0 Å². The molecule has 0 unspecified atom stereocenters. The highest BCUT2D eigenvalue weighted by Gasteiger charge is 2.12. The Kier molecular flexibility index (Phi) is 6.01. The second kappa shape index (κ2) is 7.28. The Balaban J connectivity index is 2.62. The molecule has 0 saturated carbocycles. The van der Waals surface area contributed by atoms with E-state index in [-0.39, 0.29) is 18.6 Å². The van der Waals surface area contributed by atoms with Crippen molar-refractivity contribution < 1.29 is 17.9 Å². The van der Waals surface area contributed by atoms with Crippen LogP contribution in [0.15, 0.2) is 24.3 Å². The summed E-state index contributed by atoms with van der Waals surface area (Å²) in [7, 11) is -2.15. The molecule has 0 radical (unpaired) electrons. The fourth-order valence-corrected chi connectivity index (χ4v) is 2.81. The average Bonchev–Trinajstić information content (AvgIpc) is 2.37. The van der Waals surface area contributed by atoms with Crippen molar-refractivity contribution in [2.24, 2.45) is 0 Å². The zero-order valence-corrected chi connectivity index (χ0v) is 12.9. The third-order valence-corrected chi connectivity index (χ3v) is 4.22. The first-order valence-electron chi connectivity index (χ1n) is 6.51. The van der Waals surface area contributed by atoms with E-state index in [9.17, 15) is 13.2 Å². The van der Waals surface area contributed by atoms with Crippen molar-refractivity contribution in [2.45, 2.75) is 32.6 Å². The summed E-state index contributed by atoms with van der Waals surface area (Å²) in [5.74, 6) is -0.172. The fourth-order valence-electron chi connectivity index (χ4n) is 1.70. The molecule has 1 aromatic rings. The maximum Gasteiger partial charge on any atom is 0.305 e. The third kappa shape index (κ3) is 5.61. The average molecular weight is 299 g/mol. The predicted molar refractivity (Wildman–Crippen MR) is 79.2 cm³/mol. The van der Waals surface area contributed by atoms with Crippen LogP contribution in [0.25, 0.3) is 0 Å². The van der Waals surface area contributed by atoms with Crippen LogP contribution in [0.1, 0.15) is 38.2 Å². The van der Waals surface area contributed by atoms with E-state index in [1.165, 1.54) is 7.11 Å². The van der Waals surface area contributed by atoms with Gasteiger partial charge in [-0.05, 0) is 30.0 Å². The molecular formula is C14H21NO4S. The minimum absolute atomic E-state index is 0.101. The lowest BCUT2D eigenvalue weighted by Gasteiger charge is -2.11. The molecule has 20 heavy (non-hydrogen) atoms. The van der Waals surface area contributed by atoms with E-state index in [4.69, 9.17) is 0 Å². The maximum atomic E-state index is 11.9. The van der Waals surface area contributed by atoms with Gasteiger partial charge < -0.3 is 4.74 Å². The zero-order valence-electron chi connectivity index (χ0n) is 12.0. The second-order valence-electron chi connectivity index (χ2n) is 4.88. The second-order valence-corrected chi connectivity index (χ2v) is 6.72. The van der Waals surface area contributed by atoms with E-state index >= 15 is 0 Å². The summed E-state index contributed by atoms with van der Waals surface area (Å²) in [6, 6.07) is 7.31. The minimum atomic E-state index is -3.44. The number of rotatable bonds is 7. The van der Waals surface area contributed by atoms with Gasteiger partial charge in [0.15, 0.2) is 0 Å². The van der Waals surface area contributed by atoms with Gasteiger partial charge in [0.25, 0.3) is 0 Å². The lowest BCUT2D eigenvalue weighted by atomic mass is 10.0. The number of nitrogens with one attached hydrogen (secondary N) is 1. The molecule has 0 aliphatic heterocycles. The van der Waals surface area contributed by atoms with Gasteiger partial charge in [-0.25, -0.2) is 8.42 Å². The zero-order chi connectivity index (χ0) is 15.2. The van der Waals surface area contributed by atoms with Gasteiger partial charge >= 0.3 is 5.97 Å². The summed E-state index contributed by atoms with van der Waals surface area (Å²) in [5.41, 5.74) is 1.62. The highest BCUT2D eigenvalue weighted by molar-refractivity contribution is 7.92. The number of benzene rings is 1. The molecule has 0 atom stereocenters. The molecule has 1 aromatic carbocycles. The molecule has 0 spiro atoms. The monoisotopic (exact) mass is 299 g/mol. The number of carbonyl (C=O) groups is 1. The third-order valence-electron chi connectivity index (χ3n) is 2.85. The Morgan fingerprint density at radius 1 is 1.35 bits per heavy atom. The molecule has 0 amide bonds. The van der Waals surface area contributed by atoms with E-state index in [0.29, 0.717) is 11.6 Å². The Morgan fingerprint density at radius 3 is 2.65 bits per heavy atom. The minimum Gasteiger partial charge on any atom is -0.469 e. The molecular weight excluding hydrogens is 278 g/mol. The topological polar surface area (TPSA) is 72.5 Å². The van der Waals surface area contributed by atoms with E-state index < -0.39 is 16.0 Å². The van der Waals surface area contributed by atoms with E-state index in [2.05, 4.69) is 9.46 Å². The van der Waals surface area contributed by atoms with Crippen LogP contribution in [0.5, 0.6) is 0 Å². The first kappa shape index (κ1) is 16.5. The molecule has 6 heteroatoms. The Bertz CT molecular complexity index is 552. The fraction of sp³-hybridized carbons (Fsp3) is 0.500. The Labute approximate surface area is 120 Å². The first-order chi connectivity index (χ1) is 9.34. The molecule has 0 aliphatic rings. The van der Waals surface area contributed by atoms with Gasteiger partial charge in [-0.3, -0.25) is 9.52 Å².